The summed E-state index contributed by atoms with van der Waals surface area (Å²) < 4.78 is 17.7. The zero-order chi connectivity index (χ0) is 42.5. The number of carbonyl (C=O) groups is 4. The van der Waals surface area contributed by atoms with Crippen LogP contribution in [0.25, 0.3) is 21.5 Å². The summed E-state index contributed by atoms with van der Waals surface area (Å²) in [5, 5.41) is 5.74. The summed E-state index contributed by atoms with van der Waals surface area (Å²) in [6, 6.07) is 37.9. The van der Waals surface area contributed by atoms with Gasteiger partial charge in [-0.15, -0.1) is 23.2 Å². The maximum Gasteiger partial charge on any atom is 0.415 e. The van der Waals surface area contributed by atoms with Crippen molar-refractivity contribution in [3.8, 4) is 11.5 Å². The summed E-state index contributed by atoms with van der Waals surface area (Å²) in [6.07, 6.45) is -1.00. The first kappa shape index (κ1) is 41.4. The quantitative estimate of drug-likeness (QED) is 0.115. The molecule has 2 aliphatic rings. The average Bonchev–Trinajstić information content (AvgIpc) is 3.87. The number of rotatable bonds is 13. The van der Waals surface area contributed by atoms with E-state index in [4.69, 9.17) is 37.4 Å². The maximum atomic E-state index is 14.5. The molecule has 8 rings (SSSR count). The van der Waals surface area contributed by atoms with E-state index in [1.54, 1.807) is 16.7 Å². The summed E-state index contributed by atoms with van der Waals surface area (Å²) >= 11 is 13.1. The molecular weight excluding hydrogens is 815 g/mol. The van der Waals surface area contributed by atoms with Crippen LogP contribution in [0, 0.1) is 0 Å². The molecule has 0 radical (unpaired) electrons. The molecule has 0 unspecified atom stereocenters. The Morgan fingerprint density at radius 1 is 0.623 bits per heavy atom. The van der Waals surface area contributed by atoms with Gasteiger partial charge in [0.2, 0.25) is 11.8 Å². The van der Waals surface area contributed by atoms with Gasteiger partial charge in [-0.3, -0.25) is 9.59 Å². The van der Waals surface area contributed by atoms with Crippen molar-refractivity contribution in [3.05, 3.63) is 144 Å². The first-order chi connectivity index (χ1) is 29.8. The lowest BCUT2D eigenvalue weighted by Gasteiger charge is -2.27. The van der Waals surface area contributed by atoms with Gasteiger partial charge in [0.05, 0.1) is 18.0 Å². The molecule has 2 heterocycles. The number of imide groups is 1. The fourth-order valence-electron chi connectivity index (χ4n) is 8.29. The molecular formula is C48H44Cl2N4O7. The molecule has 5 amide bonds. The molecule has 0 fully saturated rings. The van der Waals surface area contributed by atoms with Gasteiger partial charge in [-0.05, 0) is 39.9 Å². The normalized spacial score (nSPS) is 15.3. The highest BCUT2D eigenvalue weighted by Gasteiger charge is 2.39. The molecule has 0 aliphatic carbocycles. The van der Waals surface area contributed by atoms with Gasteiger partial charge in [-0.25, -0.2) is 14.9 Å². The van der Waals surface area contributed by atoms with Crippen molar-refractivity contribution in [2.45, 2.75) is 32.0 Å². The van der Waals surface area contributed by atoms with Crippen molar-refractivity contribution in [2.75, 3.05) is 54.3 Å². The summed E-state index contributed by atoms with van der Waals surface area (Å²) in [7, 11) is 0. The van der Waals surface area contributed by atoms with E-state index in [1.807, 2.05) is 121 Å². The molecule has 312 valence electrons. The Bertz CT molecular complexity index is 2430. The van der Waals surface area contributed by atoms with Gasteiger partial charge in [0.25, 0.3) is 0 Å². The lowest BCUT2D eigenvalue weighted by atomic mass is 9.95. The van der Waals surface area contributed by atoms with Crippen LogP contribution in [-0.4, -0.2) is 73.4 Å². The Morgan fingerprint density at radius 2 is 1.03 bits per heavy atom. The largest absolute Gasteiger partial charge is 0.488 e. The summed E-state index contributed by atoms with van der Waals surface area (Å²) in [5.41, 5.74) is 4.94. The number of benzene rings is 6. The second-order valence-corrected chi connectivity index (χ2v) is 15.6. The molecule has 2 atom stereocenters. The molecule has 0 saturated carbocycles. The van der Waals surface area contributed by atoms with Crippen LogP contribution in [0.15, 0.2) is 121 Å². The van der Waals surface area contributed by atoms with Crippen LogP contribution in [0.4, 0.5) is 21.0 Å². The van der Waals surface area contributed by atoms with E-state index < -0.39 is 37.0 Å². The minimum Gasteiger partial charge on any atom is -0.488 e. The molecule has 11 nitrogen and oxygen atoms in total. The topological polar surface area (TPSA) is 118 Å². The molecule has 61 heavy (non-hydrogen) atoms. The van der Waals surface area contributed by atoms with Crippen molar-refractivity contribution >= 4 is 80.1 Å². The summed E-state index contributed by atoms with van der Waals surface area (Å²) in [5.74, 6) is 0.231. The Balaban J connectivity index is 1.10. The average molecular weight is 860 g/mol. The van der Waals surface area contributed by atoms with Gasteiger partial charge >= 0.3 is 12.1 Å². The molecule has 0 aromatic heterocycles. The number of carbonyl (C=O) groups excluding carboxylic acids is 4. The number of amides is 5. The second kappa shape index (κ2) is 18.5. The van der Waals surface area contributed by atoms with Crippen molar-refractivity contribution in [1.29, 1.82) is 0 Å². The highest BCUT2D eigenvalue weighted by molar-refractivity contribution is 6.19. The monoisotopic (exact) mass is 858 g/mol. The maximum absolute atomic E-state index is 14.5. The standard InChI is InChI=1S/C48H44Cl2N4O7/c1-2-59-48(58)51-47(57)52(27-43(55)53-25-33(23-49)45-37-19-11-9-17-35(37)41(21-39(45)53)60-29-31-13-5-3-6-14-31)28-44(56)54-26-34(24-50)46-38-20-12-10-18-36(38)42(22-40(46)54)61-30-32-15-7-4-8-16-32/h3-22,33-34H,2,23-30H2,1H3,(H,51,57,58)/t33-,34-/m1/s1. The Hall–Kier alpha value is -6.30. The van der Waals surface area contributed by atoms with E-state index in [0.717, 1.165) is 48.7 Å². The first-order valence-electron chi connectivity index (χ1n) is 20.2. The van der Waals surface area contributed by atoms with E-state index in [1.165, 1.54) is 0 Å². The van der Waals surface area contributed by atoms with E-state index in [0.29, 0.717) is 36.1 Å². The smallest absolute Gasteiger partial charge is 0.415 e. The van der Waals surface area contributed by atoms with Crippen LogP contribution in [-0.2, 0) is 27.5 Å². The minimum absolute atomic E-state index is 0.0109. The highest BCUT2D eigenvalue weighted by Crippen LogP contribution is 2.47. The summed E-state index contributed by atoms with van der Waals surface area (Å²) in [4.78, 5) is 59.7. The number of hydrogen-bond donors (Lipinski definition) is 1. The fraction of sp³-hybridized carbons (Fsp3) is 0.250. The number of alkyl halides is 2. The minimum atomic E-state index is -1.00. The highest BCUT2D eigenvalue weighted by atomic mass is 35.5. The van der Waals surface area contributed by atoms with Gasteiger partial charge in [0, 0.05) is 59.6 Å². The van der Waals surface area contributed by atoms with Crippen LogP contribution >= 0.6 is 23.2 Å². The second-order valence-electron chi connectivity index (χ2n) is 15.0. The van der Waals surface area contributed by atoms with Crippen molar-refractivity contribution in [1.82, 2.24) is 10.2 Å². The molecule has 6 aromatic rings. The van der Waals surface area contributed by atoms with Gasteiger partial charge < -0.3 is 28.9 Å². The van der Waals surface area contributed by atoms with Gasteiger partial charge in [0.15, 0.2) is 0 Å². The van der Waals surface area contributed by atoms with Crippen molar-refractivity contribution in [3.63, 3.8) is 0 Å². The van der Waals surface area contributed by atoms with Gasteiger partial charge in [-0.2, -0.15) is 0 Å². The van der Waals surface area contributed by atoms with E-state index in [2.05, 4.69) is 5.32 Å². The van der Waals surface area contributed by atoms with Gasteiger partial charge in [0.1, 0.15) is 37.8 Å². The molecule has 0 spiro atoms. The molecule has 6 aromatic carbocycles. The zero-order valence-electron chi connectivity index (χ0n) is 33.5. The lowest BCUT2D eigenvalue weighted by Crippen LogP contribution is -2.52. The number of nitrogens with one attached hydrogen (secondary N) is 1. The van der Waals surface area contributed by atoms with Crippen LogP contribution in [0.1, 0.15) is 41.0 Å². The van der Waals surface area contributed by atoms with Crippen LogP contribution < -0.4 is 24.6 Å². The molecule has 1 N–H and O–H groups in total. The third kappa shape index (κ3) is 8.67. The van der Waals surface area contributed by atoms with Crippen molar-refractivity contribution in [2.24, 2.45) is 0 Å². The SMILES string of the molecule is CCOC(=O)NC(=O)N(CC(=O)N1C[C@@H](CCl)c2c1cc(OCc1ccccc1)c1ccccc21)CC(=O)N1C[C@@H](CCl)c2c1cc(OCc1ccccc1)c1ccccc21. The number of anilines is 2. The number of hydrogen-bond acceptors (Lipinski definition) is 7. The van der Waals surface area contributed by atoms with Crippen molar-refractivity contribution < 1.29 is 33.4 Å². The Labute approximate surface area is 363 Å². The van der Waals surface area contributed by atoms with Crippen LogP contribution in [0.3, 0.4) is 0 Å². The molecule has 0 saturated heterocycles. The number of ether oxygens (including phenoxy) is 3. The van der Waals surface area contributed by atoms with E-state index in [9.17, 15) is 19.2 Å². The van der Waals surface area contributed by atoms with Crippen LogP contribution in [0.2, 0.25) is 0 Å². The number of fused-ring (bicyclic) bond motifs is 6. The first-order valence-corrected chi connectivity index (χ1v) is 21.2. The Morgan fingerprint density at radius 3 is 1.44 bits per heavy atom. The number of urea groups is 1. The third-order valence-corrected chi connectivity index (χ3v) is 11.9. The van der Waals surface area contributed by atoms with Crippen LogP contribution in [0.5, 0.6) is 11.5 Å². The number of alkyl carbamates (subject to hydrolysis) is 1. The number of halogens is 2. The molecule has 0 bridgehead atoms. The zero-order valence-corrected chi connectivity index (χ0v) is 35.0. The van der Waals surface area contributed by atoms with E-state index in [-0.39, 0.29) is 43.3 Å². The van der Waals surface area contributed by atoms with E-state index >= 15 is 0 Å². The molecule has 2 aliphatic heterocycles. The summed E-state index contributed by atoms with van der Waals surface area (Å²) in [6.45, 7) is 1.62. The third-order valence-electron chi connectivity index (χ3n) is 11.1. The predicted octanol–water partition coefficient (Wildman–Crippen LogP) is 9.36. The Kier molecular flexibility index (Phi) is 12.6. The molecule has 13 heteroatoms. The number of nitrogens with zero attached hydrogens (tertiary/aromatic N) is 3. The van der Waals surface area contributed by atoms with Gasteiger partial charge in [-0.1, -0.05) is 109 Å². The predicted molar refractivity (Wildman–Crippen MR) is 238 cm³/mol. The fourth-order valence-corrected chi connectivity index (χ4v) is 8.79. The lowest BCUT2D eigenvalue weighted by molar-refractivity contribution is -0.121.